The van der Waals surface area contributed by atoms with Crippen molar-refractivity contribution >= 4 is 31.5 Å². The zero-order chi connectivity index (χ0) is 13.1. The van der Waals surface area contributed by atoms with Gasteiger partial charge in [0, 0.05) is 12.4 Å². The summed E-state index contributed by atoms with van der Waals surface area (Å²) in [5, 5.41) is -0.589. The highest BCUT2D eigenvalue weighted by Crippen LogP contribution is 2.18. The monoisotopic (exact) mass is 303 g/mol. The number of hydrogen-bond acceptors (Lipinski definition) is 4. The van der Waals surface area contributed by atoms with Gasteiger partial charge in [-0.05, 0) is 18.8 Å². The molecule has 1 N–H and O–H groups in total. The molecule has 1 saturated heterocycles. The lowest BCUT2D eigenvalue weighted by Gasteiger charge is -2.22. The Balaban J connectivity index is 2.55. The van der Waals surface area contributed by atoms with Crippen LogP contribution in [-0.2, 0) is 19.9 Å². The summed E-state index contributed by atoms with van der Waals surface area (Å²) in [7, 11) is -6.44. The molecule has 1 aliphatic heterocycles. The molecule has 17 heavy (non-hydrogen) atoms. The van der Waals surface area contributed by atoms with Gasteiger partial charge in [0.05, 0.1) is 16.8 Å². The molecule has 0 bridgehead atoms. The number of hydrogen-bond donors (Lipinski definition) is 1. The molecule has 1 heterocycles. The maximum Gasteiger partial charge on any atom is 0.214 e. The predicted octanol–water partition coefficient (Wildman–Crippen LogP) is 0.358. The number of halogens is 1. The lowest BCUT2D eigenvalue weighted by atomic mass is 10.2. The molecule has 1 atom stereocenters. The van der Waals surface area contributed by atoms with E-state index in [0.717, 1.165) is 0 Å². The smallest absolute Gasteiger partial charge is 0.214 e. The van der Waals surface area contributed by atoms with E-state index in [1.807, 2.05) is 6.92 Å². The first-order valence-electron chi connectivity index (χ1n) is 5.52. The van der Waals surface area contributed by atoms with Crippen molar-refractivity contribution in [3.05, 3.63) is 0 Å². The SMILES string of the molecule is CC(CCl)CNS(=O)(=O)C1CCS(=O)(=O)CC1. The summed E-state index contributed by atoms with van der Waals surface area (Å²) < 4.78 is 48.6. The Morgan fingerprint density at radius 3 is 2.35 bits per heavy atom. The van der Waals surface area contributed by atoms with Crippen molar-refractivity contribution < 1.29 is 16.8 Å². The Bertz CT molecular complexity index is 432. The quantitative estimate of drug-likeness (QED) is 0.744. The first kappa shape index (κ1) is 15.2. The van der Waals surface area contributed by atoms with Crippen molar-refractivity contribution in [2.24, 2.45) is 5.92 Å². The van der Waals surface area contributed by atoms with E-state index >= 15 is 0 Å². The van der Waals surface area contributed by atoms with Gasteiger partial charge in [0.15, 0.2) is 0 Å². The van der Waals surface area contributed by atoms with Crippen LogP contribution in [0.15, 0.2) is 0 Å². The van der Waals surface area contributed by atoms with Gasteiger partial charge >= 0.3 is 0 Å². The summed E-state index contributed by atoms with van der Waals surface area (Å²) in [5.41, 5.74) is 0. The highest BCUT2D eigenvalue weighted by atomic mass is 35.5. The highest BCUT2D eigenvalue weighted by molar-refractivity contribution is 7.92. The van der Waals surface area contributed by atoms with E-state index in [4.69, 9.17) is 11.6 Å². The van der Waals surface area contributed by atoms with Crippen LogP contribution in [0, 0.1) is 5.92 Å². The van der Waals surface area contributed by atoms with Gasteiger partial charge in [0.2, 0.25) is 10.0 Å². The Labute approximate surface area is 108 Å². The molecule has 0 saturated carbocycles. The van der Waals surface area contributed by atoms with Crippen LogP contribution in [0.5, 0.6) is 0 Å². The zero-order valence-corrected chi connectivity index (χ0v) is 12.1. The molecule has 0 aliphatic carbocycles. The van der Waals surface area contributed by atoms with Crippen LogP contribution in [-0.4, -0.2) is 46.0 Å². The Morgan fingerprint density at radius 1 is 1.35 bits per heavy atom. The number of alkyl halides is 1. The number of nitrogens with one attached hydrogen (secondary N) is 1. The molecule has 0 radical (unpaired) electrons. The van der Waals surface area contributed by atoms with Crippen LogP contribution in [0.3, 0.4) is 0 Å². The summed E-state index contributed by atoms with van der Waals surface area (Å²) in [6.07, 6.45) is 0.375. The fraction of sp³-hybridized carbons (Fsp3) is 1.00. The third-order valence-electron chi connectivity index (χ3n) is 2.84. The first-order chi connectivity index (χ1) is 7.77. The average molecular weight is 304 g/mol. The molecule has 0 aromatic rings. The molecule has 0 amide bonds. The fourth-order valence-corrected chi connectivity index (χ4v) is 5.12. The van der Waals surface area contributed by atoms with Crippen molar-refractivity contribution in [1.82, 2.24) is 4.72 Å². The molecule has 0 aromatic carbocycles. The fourth-order valence-electron chi connectivity index (χ4n) is 1.61. The second-order valence-corrected chi connectivity index (χ2v) is 9.16. The number of rotatable bonds is 5. The summed E-state index contributed by atoms with van der Waals surface area (Å²) in [5.74, 6) is 0.383. The summed E-state index contributed by atoms with van der Waals surface area (Å²) >= 11 is 5.59. The Morgan fingerprint density at radius 2 is 1.88 bits per heavy atom. The van der Waals surface area contributed by atoms with Crippen molar-refractivity contribution in [3.63, 3.8) is 0 Å². The van der Waals surface area contributed by atoms with Crippen molar-refractivity contribution in [2.75, 3.05) is 23.9 Å². The lowest BCUT2D eigenvalue weighted by molar-refractivity contribution is 0.531. The highest BCUT2D eigenvalue weighted by Gasteiger charge is 2.32. The minimum Gasteiger partial charge on any atom is -0.229 e. The second kappa shape index (κ2) is 5.86. The van der Waals surface area contributed by atoms with Crippen molar-refractivity contribution in [3.8, 4) is 0 Å². The van der Waals surface area contributed by atoms with Gasteiger partial charge in [0.1, 0.15) is 9.84 Å². The zero-order valence-electron chi connectivity index (χ0n) is 9.72. The number of sulfonamides is 1. The topological polar surface area (TPSA) is 80.3 Å². The molecule has 0 spiro atoms. The van der Waals surface area contributed by atoms with E-state index < -0.39 is 25.1 Å². The van der Waals surface area contributed by atoms with Crippen LogP contribution in [0.2, 0.25) is 0 Å². The van der Waals surface area contributed by atoms with Crippen molar-refractivity contribution in [1.29, 1.82) is 0 Å². The molecule has 1 unspecified atom stereocenters. The van der Waals surface area contributed by atoms with E-state index in [1.165, 1.54) is 0 Å². The van der Waals surface area contributed by atoms with Gasteiger partial charge in [-0.3, -0.25) is 0 Å². The molecule has 1 fully saturated rings. The van der Waals surface area contributed by atoms with Crippen LogP contribution in [0.4, 0.5) is 0 Å². The minimum atomic E-state index is -3.41. The maximum absolute atomic E-state index is 11.9. The molecular weight excluding hydrogens is 286 g/mol. The van der Waals surface area contributed by atoms with Crippen molar-refractivity contribution in [2.45, 2.75) is 25.0 Å². The molecule has 0 aromatic heterocycles. The van der Waals surface area contributed by atoms with Gasteiger partial charge in [-0.1, -0.05) is 6.92 Å². The van der Waals surface area contributed by atoms with E-state index in [-0.39, 0.29) is 30.3 Å². The first-order valence-corrected chi connectivity index (χ1v) is 9.42. The van der Waals surface area contributed by atoms with Gasteiger partial charge in [-0.25, -0.2) is 21.6 Å². The molecule has 1 rings (SSSR count). The van der Waals surface area contributed by atoms with Gasteiger partial charge in [-0.2, -0.15) is 0 Å². The summed E-state index contributed by atoms with van der Waals surface area (Å²) in [6, 6.07) is 0. The molecule has 102 valence electrons. The van der Waals surface area contributed by atoms with Crippen LogP contribution in [0.1, 0.15) is 19.8 Å². The molecule has 5 nitrogen and oxygen atoms in total. The second-order valence-electron chi connectivity index (χ2n) is 4.50. The summed E-state index contributed by atoms with van der Waals surface area (Å²) in [4.78, 5) is 0. The largest absolute Gasteiger partial charge is 0.229 e. The molecule has 1 aliphatic rings. The van der Waals surface area contributed by atoms with E-state index in [1.54, 1.807) is 0 Å². The Hall–Kier alpha value is 0.150. The average Bonchev–Trinajstić information content (AvgIpc) is 2.25. The van der Waals surface area contributed by atoms with Crippen LogP contribution < -0.4 is 4.72 Å². The van der Waals surface area contributed by atoms with E-state index in [0.29, 0.717) is 12.4 Å². The van der Waals surface area contributed by atoms with Crippen LogP contribution in [0.25, 0.3) is 0 Å². The molecular formula is C9H18ClNO4S2. The van der Waals surface area contributed by atoms with E-state index in [9.17, 15) is 16.8 Å². The standard InChI is InChI=1S/C9H18ClNO4S2/c1-8(6-10)7-11-17(14,15)9-2-4-16(12,13)5-3-9/h8-9,11H,2-7H2,1H3. The van der Waals surface area contributed by atoms with Gasteiger partial charge in [0.25, 0.3) is 0 Å². The van der Waals surface area contributed by atoms with Gasteiger partial charge in [-0.15, -0.1) is 11.6 Å². The maximum atomic E-state index is 11.9. The van der Waals surface area contributed by atoms with Gasteiger partial charge < -0.3 is 0 Å². The minimum absolute atomic E-state index is 0.0381. The lowest BCUT2D eigenvalue weighted by Crippen LogP contribution is -2.41. The third-order valence-corrected chi connectivity index (χ3v) is 7.00. The summed E-state index contributed by atoms with van der Waals surface area (Å²) in [6.45, 7) is 2.15. The van der Waals surface area contributed by atoms with Crippen LogP contribution >= 0.6 is 11.6 Å². The Kier molecular flexibility index (Phi) is 5.24. The predicted molar refractivity (Wildman–Crippen MR) is 68.5 cm³/mol. The normalized spacial score (nSPS) is 23.4. The third kappa shape index (κ3) is 4.73. The molecule has 8 heteroatoms. The van der Waals surface area contributed by atoms with E-state index in [2.05, 4.69) is 4.72 Å². The number of sulfone groups is 1.